The number of nitrogens with zero attached hydrogens (tertiary/aromatic N) is 6. The number of ether oxygens (including phenoxy) is 1. The number of piperidine rings is 1. The number of carboxylic acid groups (broad SMARTS) is 1. The van der Waals surface area contributed by atoms with Crippen LogP contribution in [0.1, 0.15) is 19.8 Å². The number of amides is 1. The van der Waals surface area contributed by atoms with Crippen LogP contribution in [0.25, 0.3) is 11.0 Å². The van der Waals surface area contributed by atoms with Crippen molar-refractivity contribution >= 4 is 28.9 Å². The predicted octanol–water partition coefficient (Wildman–Crippen LogP) is 1.67. The van der Waals surface area contributed by atoms with E-state index >= 15 is 0 Å². The number of hydrogen-bond donors (Lipinski definition) is 1. The summed E-state index contributed by atoms with van der Waals surface area (Å²) >= 11 is 0. The molecule has 1 aliphatic rings. The summed E-state index contributed by atoms with van der Waals surface area (Å²) in [5.41, 5.74) is 0.568. The van der Waals surface area contributed by atoms with Crippen LogP contribution >= 0.6 is 0 Å². The Labute approximate surface area is 161 Å². The maximum atomic E-state index is 12.1. The third kappa shape index (κ3) is 3.83. The second kappa shape index (κ2) is 8.12. The largest absolute Gasteiger partial charge is 0.507 e. The molecule has 0 bridgehead atoms. The van der Waals surface area contributed by atoms with Gasteiger partial charge in [0.25, 0.3) is 0 Å². The minimum absolute atomic E-state index is 0.0353. The highest BCUT2D eigenvalue weighted by molar-refractivity contribution is 5.88. The van der Waals surface area contributed by atoms with Gasteiger partial charge in [0.05, 0.1) is 17.5 Å². The Morgan fingerprint density at radius 2 is 2.25 bits per heavy atom. The summed E-state index contributed by atoms with van der Waals surface area (Å²) in [6.07, 6.45) is 2.50. The fourth-order valence-electron chi connectivity index (χ4n) is 3.62. The van der Waals surface area contributed by atoms with Crippen molar-refractivity contribution in [2.75, 3.05) is 25.0 Å². The first kappa shape index (κ1) is 19.4. The molecule has 0 aromatic carbocycles. The molecule has 0 unspecified atom stereocenters. The zero-order chi connectivity index (χ0) is 20.3. The Morgan fingerprint density at radius 1 is 1.46 bits per heavy atom. The lowest BCUT2D eigenvalue weighted by Gasteiger charge is -2.42. The molecule has 3 heterocycles. The molecule has 10 nitrogen and oxygen atoms in total. The molecule has 28 heavy (non-hydrogen) atoms. The smallest absolute Gasteiger partial charge is 0.450 e. The molecule has 1 saturated heterocycles. The van der Waals surface area contributed by atoms with E-state index in [1.807, 2.05) is 24.1 Å². The van der Waals surface area contributed by atoms with E-state index < -0.39 is 6.16 Å². The molecular formula is C18H22N6O4. The highest BCUT2D eigenvalue weighted by Crippen LogP contribution is 2.29. The van der Waals surface area contributed by atoms with Gasteiger partial charge in [-0.1, -0.05) is 6.92 Å². The van der Waals surface area contributed by atoms with Crippen molar-refractivity contribution in [3.63, 3.8) is 0 Å². The van der Waals surface area contributed by atoms with Crippen LogP contribution in [0.5, 0.6) is 0 Å². The van der Waals surface area contributed by atoms with Crippen molar-refractivity contribution in [3.05, 3.63) is 18.6 Å². The van der Waals surface area contributed by atoms with Crippen LogP contribution in [0, 0.1) is 17.2 Å². The summed E-state index contributed by atoms with van der Waals surface area (Å²) in [5, 5.41) is 18.3. The fraction of sp³-hybridized carbons (Fsp3) is 0.500. The fourth-order valence-corrected chi connectivity index (χ4v) is 3.62. The van der Waals surface area contributed by atoms with E-state index in [1.54, 1.807) is 15.7 Å². The van der Waals surface area contributed by atoms with Crippen molar-refractivity contribution in [2.24, 2.45) is 5.92 Å². The standard InChI is InChI=1S/C18H22N6O4/c1-12-4-7-23(15(25)3-6-19)9-14(12)22(2)16-13-5-8-24(11-28-18(26)27)17(13)21-10-20-16/h5,8,10,12,14H,3-4,7,9,11H2,1-2H3,(H,26,27)/t12-,14+/m1/s1. The van der Waals surface area contributed by atoms with Crippen LogP contribution in [0.15, 0.2) is 18.6 Å². The predicted molar refractivity (Wildman–Crippen MR) is 99.4 cm³/mol. The van der Waals surface area contributed by atoms with Gasteiger partial charge < -0.3 is 19.6 Å². The molecule has 0 saturated carbocycles. The Hall–Kier alpha value is -3.35. The number of fused-ring (bicyclic) bond motifs is 1. The molecule has 10 heteroatoms. The van der Waals surface area contributed by atoms with Gasteiger partial charge in [-0.3, -0.25) is 9.36 Å². The van der Waals surface area contributed by atoms with Gasteiger partial charge in [0.2, 0.25) is 5.91 Å². The second-order valence-corrected chi connectivity index (χ2v) is 6.88. The van der Waals surface area contributed by atoms with Gasteiger partial charge in [-0.05, 0) is 18.4 Å². The zero-order valence-corrected chi connectivity index (χ0v) is 15.8. The molecule has 0 aliphatic carbocycles. The van der Waals surface area contributed by atoms with Crippen molar-refractivity contribution in [1.29, 1.82) is 5.26 Å². The summed E-state index contributed by atoms with van der Waals surface area (Å²) in [7, 11) is 1.92. The number of carbonyl (C=O) groups is 2. The van der Waals surface area contributed by atoms with E-state index in [0.717, 1.165) is 11.8 Å². The van der Waals surface area contributed by atoms with E-state index in [4.69, 9.17) is 10.4 Å². The summed E-state index contributed by atoms with van der Waals surface area (Å²) in [6.45, 7) is 3.15. The number of anilines is 1. The lowest BCUT2D eigenvalue weighted by atomic mass is 9.92. The van der Waals surface area contributed by atoms with Crippen LogP contribution in [0.3, 0.4) is 0 Å². The van der Waals surface area contributed by atoms with E-state index in [2.05, 4.69) is 21.6 Å². The maximum absolute atomic E-state index is 12.1. The highest BCUT2D eigenvalue weighted by Gasteiger charge is 2.32. The molecule has 2 aromatic rings. The maximum Gasteiger partial charge on any atom is 0.507 e. The van der Waals surface area contributed by atoms with Gasteiger partial charge in [0.1, 0.15) is 24.2 Å². The van der Waals surface area contributed by atoms with Crippen molar-refractivity contribution in [2.45, 2.75) is 32.5 Å². The summed E-state index contributed by atoms with van der Waals surface area (Å²) < 4.78 is 6.22. The first-order valence-electron chi connectivity index (χ1n) is 8.95. The third-order valence-corrected chi connectivity index (χ3v) is 5.20. The monoisotopic (exact) mass is 386 g/mol. The molecule has 148 valence electrons. The first-order valence-corrected chi connectivity index (χ1v) is 8.95. The van der Waals surface area contributed by atoms with Gasteiger partial charge >= 0.3 is 6.16 Å². The lowest BCUT2D eigenvalue weighted by molar-refractivity contribution is -0.131. The number of hydrogen-bond acceptors (Lipinski definition) is 7. The third-order valence-electron chi connectivity index (χ3n) is 5.20. The van der Waals surface area contributed by atoms with E-state index in [9.17, 15) is 9.59 Å². The zero-order valence-electron chi connectivity index (χ0n) is 15.8. The van der Waals surface area contributed by atoms with Crippen LogP contribution in [0.2, 0.25) is 0 Å². The second-order valence-electron chi connectivity index (χ2n) is 6.88. The van der Waals surface area contributed by atoms with Gasteiger partial charge in [0, 0.05) is 26.3 Å². The average Bonchev–Trinajstić information content (AvgIpc) is 3.09. The van der Waals surface area contributed by atoms with Crippen LogP contribution in [0.4, 0.5) is 10.6 Å². The van der Waals surface area contributed by atoms with E-state index in [0.29, 0.717) is 30.5 Å². The minimum atomic E-state index is -1.36. The SMILES string of the molecule is C[C@@H]1CCN(C(=O)CC#N)C[C@@H]1N(C)c1ncnc2c1ccn2COC(=O)O. The summed E-state index contributed by atoms with van der Waals surface area (Å²) in [6, 6.07) is 3.77. The number of carbonyl (C=O) groups excluding carboxylic acids is 1. The number of aromatic nitrogens is 3. The highest BCUT2D eigenvalue weighted by atomic mass is 16.7. The van der Waals surface area contributed by atoms with Crippen LogP contribution in [-0.2, 0) is 16.3 Å². The Balaban J connectivity index is 1.85. The number of nitriles is 1. The van der Waals surface area contributed by atoms with Crippen LogP contribution < -0.4 is 4.90 Å². The molecule has 1 fully saturated rings. The number of likely N-dealkylation sites (N-methyl/N-ethyl adjacent to an activating group) is 1. The molecule has 1 amide bonds. The first-order chi connectivity index (χ1) is 13.4. The molecule has 1 N–H and O–H groups in total. The molecule has 0 spiro atoms. The average molecular weight is 386 g/mol. The minimum Gasteiger partial charge on any atom is -0.450 e. The van der Waals surface area contributed by atoms with E-state index in [-0.39, 0.29) is 25.1 Å². The lowest BCUT2D eigenvalue weighted by Crippen LogP contribution is -2.52. The molecule has 0 radical (unpaired) electrons. The van der Waals surface area contributed by atoms with Crippen LogP contribution in [-0.4, -0.2) is 62.8 Å². The molecule has 2 aromatic heterocycles. The van der Waals surface area contributed by atoms with Gasteiger partial charge in [-0.25, -0.2) is 14.8 Å². The molecule has 3 rings (SSSR count). The van der Waals surface area contributed by atoms with Crippen molar-refractivity contribution in [3.8, 4) is 6.07 Å². The summed E-state index contributed by atoms with van der Waals surface area (Å²) in [4.78, 5) is 35.2. The van der Waals surface area contributed by atoms with Crippen molar-refractivity contribution in [1.82, 2.24) is 19.4 Å². The summed E-state index contributed by atoms with van der Waals surface area (Å²) in [5.74, 6) is 0.877. The number of likely N-dealkylation sites (tertiary alicyclic amines) is 1. The Kier molecular flexibility index (Phi) is 5.63. The molecule has 2 atom stereocenters. The van der Waals surface area contributed by atoms with Gasteiger partial charge in [-0.15, -0.1) is 0 Å². The van der Waals surface area contributed by atoms with Gasteiger partial charge in [0.15, 0.2) is 6.73 Å². The Morgan fingerprint density at radius 3 is 2.96 bits per heavy atom. The van der Waals surface area contributed by atoms with Crippen molar-refractivity contribution < 1.29 is 19.4 Å². The molecule has 1 aliphatic heterocycles. The topological polar surface area (TPSA) is 125 Å². The quantitative estimate of drug-likeness (QED) is 0.770. The molecular weight excluding hydrogens is 364 g/mol. The Bertz CT molecular complexity index is 920. The normalized spacial score (nSPS) is 19.2. The van der Waals surface area contributed by atoms with Gasteiger partial charge in [-0.2, -0.15) is 5.26 Å². The number of rotatable bonds is 5. The van der Waals surface area contributed by atoms with E-state index in [1.165, 1.54) is 6.33 Å².